The van der Waals surface area contributed by atoms with Gasteiger partial charge in [0, 0.05) is 11.8 Å². The summed E-state index contributed by atoms with van der Waals surface area (Å²) in [5.41, 5.74) is -0.604. The molecule has 0 aromatic heterocycles. The standard InChI is InChI=1S/C11H20N2O2S/c1-13(9-2-5-12-6-3-9)11(10(14)15)4-7-16-8-11/h9,12H,2-8H2,1H3,(H,14,15). The molecule has 2 aliphatic heterocycles. The van der Waals surface area contributed by atoms with E-state index in [0.717, 1.165) is 43.9 Å². The molecule has 4 nitrogen and oxygen atoms in total. The minimum Gasteiger partial charge on any atom is -0.480 e. The monoisotopic (exact) mass is 244 g/mol. The van der Waals surface area contributed by atoms with Gasteiger partial charge in [0.1, 0.15) is 5.54 Å². The highest BCUT2D eigenvalue weighted by atomic mass is 32.2. The summed E-state index contributed by atoms with van der Waals surface area (Å²) in [5, 5.41) is 12.8. The number of likely N-dealkylation sites (N-methyl/N-ethyl adjacent to an activating group) is 1. The first kappa shape index (κ1) is 12.2. The molecular formula is C11H20N2O2S. The second-order valence-corrected chi connectivity index (χ2v) is 5.84. The molecule has 0 saturated carbocycles. The minimum absolute atomic E-state index is 0.427. The molecule has 0 amide bonds. The van der Waals surface area contributed by atoms with E-state index in [9.17, 15) is 9.90 Å². The van der Waals surface area contributed by atoms with Crippen molar-refractivity contribution in [2.75, 3.05) is 31.6 Å². The van der Waals surface area contributed by atoms with Gasteiger partial charge < -0.3 is 10.4 Å². The summed E-state index contributed by atoms with van der Waals surface area (Å²) in [7, 11) is 2.00. The third-order valence-corrected chi connectivity index (χ3v) is 5.10. The Morgan fingerprint density at radius 2 is 2.19 bits per heavy atom. The Labute approximate surface area is 101 Å². The molecule has 0 aliphatic carbocycles. The second kappa shape index (κ2) is 4.94. The lowest BCUT2D eigenvalue weighted by atomic mass is 9.92. The number of rotatable bonds is 3. The number of hydrogen-bond donors (Lipinski definition) is 2. The molecule has 2 rings (SSSR count). The maximum Gasteiger partial charge on any atom is 0.325 e. The van der Waals surface area contributed by atoms with Gasteiger partial charge in [0.2, 0.25) is 0 Å². The van der Waals surface area contributed by atoms with Crippen LogP contribution in [0.25, 0.3) is 0 Å². The zero-order valence-corrected chi connectivity index (χ0v) is 10.6. The summed E-state index contributed by atoms with van der Waals surface area (Å²) < 4.78 is 0. The van der Waals surface area contributed by atoms with E-state index >= 15 is 0 Å². The topological polar surface area (TPSA) is 52.6 Å². The normalized spacial score (nSPS) is 32.1. The highest BCUT2D eigenvalue weighted by Crippen LogP contribution is 2.35. The molecule has 0 bridgehead atoms. The Morgan fingerprint density at radius 3 is 2.69 bits per heavy atom. The van der Waals surface area contributed by atoms with E-state index in [4.69, 9.17) is 0 Å². The van der Waals surface area contributed by atoms with Crippen molar-refractivity contribution in [2.24, 2.45) is 0 Å². The predicted molar refractivity (Wildman–Crippen MR) is 66.0 cm³/mol. The van der Waals surface area contributed by atoms with Crippen molar-refractivity contribution >= 4 is 17.7 Å². The van der Waals surface area contributed by atoms with Crippen molar-refractivity contribution < 1.29 is 9.90 Å². The average molecular weight is 244 g/mol. The number of nitrogens with zero attached hydrogens (tertiary/aromatic N) is 1. The Bertz CT molecular complexity index is 261. The summed E-state index contributed by atoms with van der Waals surface area (Å²) in [6.45, 7) is 2.02. The van der Waals surface area contributed by atoms with Crippen LogP contribution in [0.5, 0.6) is 0 Å². The molecule has 0 aromatic carbocycles. The largest absolute Gasteiger partial charge is 0.480 e. The van der Waals surface area contributed by atoms with Crippen molar-refractivity contribution in [3.8, 4) is 0 Å². The minimum atomic E-state index is -0.640. The number of hydrogen-bond acceptors (Lipinski definition) is 4. The zero-order chi connectivity index (χ0) is 11.6. The number of carboxylic acids is 1. The van der Waals surface area contributed by atoms with Crippen molar-refractivity contribution in [3.05, 3.63) is 0 Å². The molecule has 0 spiro atoms. The van der Waals surface area contributed by atoms with Crippen LogP contribution in [0.15, 0.2) is 0 Å². The van der Waals surface area contributed by atoms with Crippen molar-refractivity contribution in [1.29, 1.82) is 0 Å². The molecule has 16 heavy (non-hydrogen) atoms. The first-order chi connectivity index (χ1) is 7.67. The Morgan fingerprint density at radius 1 is 1.50 bits per heavy atom. The van der Waals surface area contributed by atoms with Crippen LogP contribution in [0.2, 0.25) is 0 Å². The SMILES string of the molecule is CN(C1CCNCC1)C1(C(=O)O)CCSC1. The van der Waals surface area contributed by atoms with Crippen LogP contribution in [-0.2, 0) is 4.79 Å². The maximum absolute atomic E-state index is 11.5. The second-order valence-electron chi connectivity index (χ2n) is 4.73. The molecule has 2 aliphatic rings. The molecule has 0 radical (unpaired) electrons. The van der Waals surface area contributed by atoms with Gasteiger partial charge in [-0.2, -0.15) is 11.8 Å². The molecule has 2 N–H and O–H groups in total. The van der Waals surface area contributed by atoms with Crippen molar-refractivity contribution in [1.82, 2.24) is 10.2 Å². The number of piperidine rings is 1. The fraction of sp³-hybridized carbons (Fsp3) is 0.909. The molecule has 2 saturated heterocycles. The van der Waals surface area contributed by atoms with Gasteiger partial charge in [-0.25, -0.2) is 0 Å². The smallest absolute Gasteiger partial charge is 0.325 e. The Balaban J connectivity index is 2.10. The van der Waals surface area contributed by atoms with E-state index < -0.39 is 11.5 Å². The van der Waals surface area contributed by atoms with Gasteiger partial charge in [0.15, 0.2) is 0 Å². The van der Waals surface area contributed by atoms with E-state index in [0.29, 0.717) is 6.04 Å². The van der Waals surface area contributed by atoms with Crippen molar-refractivity contribution in [2.45, 2.75) is 30.8 Å². The lowest BCUT2D eigenvalue weighted by molar-refractivity contribution is -0.151. The highest BCUT2D eigenvalue weighted by Gasteiger charge is 2.47. The van der Waals surface area contributed by atoms with Gasteiger partial charge >= 0.3 is 5.97 Å². The summed E-state index contributed by atoms with van der Waals surface area (Å²) in [6.07, 6.45) is 2.92. The lowest BCUT2D eigenvalue weighted by Gasteiger charge is -2.41. The number of aliphatic carboxylic acids is 1. The van der Waals surface area contributed by atoms with Crippen LogP contribution in [-0.4, -0.2) is 59.2 Å². The third-order valence-electron chi connectivity index (χ3n) is 3.93. The zero-order valence-electron chi connectivity index (χ0n) is 9.74. The number of carboxylic acid groups (broad SMARTS) is 1. The molecule has 5 heteroatoms. The predicted octanol–water partition coefficient (Wildman–Crippen LogP) is 0.630. The fourth-order valence-electron chi connectivity index (χ4n) is 2.70. The molecule has 0 aromatic rings. The van der Waals surface area contributed by atoms with Gasteiger partial charge in [0.05, 0.1) is 0 Å². The van der Waals surface area contributed by atoms with Gasteiger partial charge in [0.25, 0.3) is 0 Å². The highest BCUT2D eigenvalue weighted by molar-refractivity contribution is 7.99. The van der Waals surface area contributed by atoms with E-state index in [1.54, 1.807) is 11.8 Å². The lowest BCUT2D eigenvalue weighted by Crippen LogP contribution is -2.58. The molecule has 1 atom stereocenters. The Hall–Kier alpha value is -0.260. The van der Waals surface area contributed by atoms with Crippen LogP contribution < -0.4 is 5.32 Å². The van der Waals surface area contributed by atoms with E-state index in [-0.39, 0.29) is 0 Å². The number of nitrogens with one attached hydrogen (secondary N) is 1. The van der Waals surface area contributed by atoms with Crippen LogP contribution in [0, 0.1) is 0 Å². The van der Waals surface area contributed by atoms with Gasteiger partial charge in [-0.3, -0.25) is 9.69 Å². The average Bonchev–Trinajstić information content (AvgIpc) is 2.79. The van der Waals surface area contributed by atoms with Crippen molar-refractivity contribution in [3.63, 3.8) is 0 Å². The van der Waals surface area contributed by atoms with Crippen LogP contribution >= 0.6 is 11.8 Å². The van der Waals surface area contributed by atoms with Crippen LogP contribution in [0.4, 0.5) is 0 Å². The summed E-state index contributed by atoms with van der Waals surface area (Å²) in [5.74, 6) is 1.07. The maximum atomic E-state index is 11.5. The first-order valence-corrected chi connectivity index (χ1v) is 7.07. The van der Waals surface area contributed by atoms with Crippen LogP contribution in [0.1, 0.15) is 19.3 Å². The summed E-state index contributed by atoms with van der Waals surface area (Å²) in [6, 6.07) is 0.427. The fourth-order valence-corrected chi connectivity index (χ4v) is 4.13. The molecule has 1 unspecified atom stereocenters. The summed E-state index contributed by atoms with van der Waals surface area (Å²) >= 11 is 1.76. The number of carbonyl (C=O) groups is 1. The van der Waals surface area contributed by atoms with Gasteiger partial charge in [-0.05, 0) is 45.2 Å². The molecule has 92 valence electrons. The van der Waals surface area contributed by atoms with Gasteiger partial charge in [-0.15, -0.1) is 0 Å². The molecule has 2 heterocycles. The van der Waals surface area contributed by atoms with Crippen LogP contribution in [0.3, 0.4) is 0 Å². The summed E-state index contributed by atoms with van der Waals surface area (Å²) in [4.78, 5) is 13.7. The van der Waals surface area contributed by atoms with E-state index in [1.165, 1.54) is 0 Å². The molecule has 2 fully saturated rings. The Kier molecular flexibility index (Phi) is 3.77. The number of thioether (sulfide) groups is 1. The third kappa shape index (κ3) is 2.08. The quantitative estimate of drug-likeness (QED) is 0.762. The van der Waals surface area contributed by atoms with Gasteiger partial charge in [-0.1, -0.05) is 0 Å². The van der Waals surface area contributed by atoms with E-state index in [1.807, 2.05) is 7.05 Å². The molecular weight excluding hydrogens is 224 g/mol. The van der Waals surface area contributed by atoms with E-state index in [2.05, 4.69) is 10.2 Å². The first-order valence-electron chi connectivity index (χ1n) is 5.91.